The molecule has 0 aromatic heterocycles. The van der Waals surface area contributed by atoms with Gasteiger partial charge in [-0.25, -0.2) is 13.6 Å². The van der Waals surface area contributed by atoms with Crippen molar-refractivity contribution in [1.29, 1.82) is 0 Å². The third-order valence-electron chi connectivity index (χ3n) is 3.35. The maximum atomic E-state index is 14.8. The second-order valence-corrected chi connectivity index (χ2v) is 7.01. The summed E-state index contributed by atoms with van der Waals surface area (Å²) in [4.78, 5) is 11.9. The number of carbonyl (C=O) groups is 1. The Kier molecular flexibility index (Phi) is 21.9. The number of carbonyl (C=O) groups excluding carboxylic acids is 1. The highest BCUT2D eigenvalue weighted by Crippen LogP contribution is 2.26. The highest BCUT2D eigenvalue weighted by Gasteiger charge is 2.16. The highest BCUT2D eigenvalue weighted by molar-refractivity contribution is 5.68. The lowest BCUT2D eigenvalue weighted by atomic mass is 10.1. The quantitative estimate of drug-likeness (QED) is 0.372. The van der Waals surface area contributed by atoms with Crippen LogP contribution in [-0.4, -0.2) is 18.2 Å². The summed E-state index contributed by atoms with van der Waals surface area (Å²) < 4.78 is 34.6. The molecule has 0 radical (unpaired) electrons. The first-order chi connectivity index (χ1) is 15.1. The first kappa shape index (κ1) is 34.2. The van der Waals surface area contributed by atoms with Gasteiger partial charge in [0.25, 0.3) is 0 Å². The molecule has 0 spiro atoms. The van der Waals surface area contributed by atoms with Crippen molar-refractivity contribution in [3.63, 3.8) is 0 Å². The standard InChI is InChI=1S/C23H33F2NO2.2C2H6/c1-8-12-17(16-26-22(27)28-23(5,6)7)15-19(14-10-3)21(25)20(24)18(11-4)13-9-2;2*1-2/h9-15H,8,16H2,1-7H3,(H,26,27);2*1-2H3/b13-9-,14-10-,17-12-,18-11+,19-15+,21-20+;;. The van der Waals surface area contributed by atoms with E-state index in [4.69, 9.17) is 4.74 Å². The van der Waals surface area contributed by atoms with Crippen molar-refractivity contribution in [2.75, 3.05) is 6.54 Å². The van der Waals surface area contributed by atoms with Crippen molar-refractivity contribution in [3.8, 4) is 0 Å². The molecule has 3 nitrogen and oxygen atoms in total. The lowest BCUT2D eigenvalue weighted by Gasteiger charge is -2.19. The number of rotatable bonds is 8. The fourth-order valence-corrected chi connectivity index (χ4v) is 2.23. The lowest BCUT2D eigenvalue weighted by molar-refractivity contribution is 0.0533. The third-order valence-corrected chi connectivity index (χ3v) is 3.35. The summed E-state index contributed by atoms with van der Waals surface area (Å²) >= 11 is 0. The van der Waals surface area contributed by atoms with E-state index in [1.165, 1.54) is 24.3 Å². The zero-order chi connectivity index (χ0) is 25.7. The average Bonchev–Trinajstić information content (AvgIpc) is 2.76. The number of hydrogen-bond donors (Lipinski definition) is 1. The van der Waals surface area contributed by atoms with Crippen molar-refractivity contribution in [2.24, 2.45) is 0 Å². The van der Waals surface area contributed by atoms with Crippen LogP contribution >= 0.6 is 0 Å². The Balaban J connectivity index is -0.00000198. The third kappa shape index (κ3) is 16.3. The number of alkyl carbamates (subject to hydrolysis) is 1. The smallest absolute Gasteiger partial charge is 0.407 e. The fourth-order valence-electron chi connectivity index (χ4n) is 2.23. The van der Waals surface area contributed by atoms with Crippen molar-refractivity contribution in [3.05, 3.63) is 70.9 Å². The molecular formula is C27H45F2NO2. The zero-order valence-corrected chi connectivity index (χ0v) is 22.0. The van der Waals surface area contributed by atoms with Crippen LogP contribution in [0.5, 0.6) is 0 Å². The first-order valence-corrected chi connectivity index (χ1v) is 11.4. The van der Waals surface area contributed by atoms with E-state index in [9.17, 15) is 13.6 Å². The van der Waals surface area contributed by atoms with Gasteiger partial charge in [-0.1, -0.05) is 71.1 Å². The van der Waals surface area contributed by atoms with Crippen LogP contribution in [-0.2, 0) is 4.74 Å². The van der Waals surface area contributed by atoms with Gasteiger partial charge >= 0.3 is 6.09 Å². The van der Waals surface area contributed by atoms with Crippen molar-refractivity contribution >= 4 is 6.09 Å². The maximum Gasteiger partial charge on any atom is 0.407 e. The molecule has 0 aromatic carbocycles. The Bertz CT molecular complexity index is 704. The fraction of sp³-hybridized carbons (Fsp3) is 0.519. The van der Waals surface area contributed by atoms with E-state index < -0.39 is 23.3 Å². The summed E-state index contributed by atoms with van der Waals surface area (Å²) in [7, 11) is 0. The molecule has 1 amide bonds. The van der Waals surface area contributed by atoms with E-state index in [1.807, 2.05) is 40.7 Å². The van der Waals surface area contributed by atoms with Gasteiger partial charge in [-0.15, -0.1) is 0 Å². The summed E-state index contributed by atoms with van der Waals surface area (Å²) in [5.74, 6) is -1.88. The van der Waals surface area contributed by atoms with Gasteiger partial charge in [-0.3, -0.25) is 0 Å². The Morgan fingerprint density at radius 3 is 1.78 bits per heavy atom. The molecule has 32 heavy (non-hydrogen) atoms. The summed E-state index contributed by atoms with van der Waals surface area (Å²) in [5, 5.41) is 2.64. The lowest BCUT2D eigenvalue weighted by Crippen LogP contribution is -2.33. The van der Waals surface area contributed by atoms with E-state index >= 15 is 0 Å². The van der Waals surface area contributed by atoms with Crippen LogP contribution in [0.1, 0.15) is 82.6 Å². The van der Waals surface area contributed by atoms with Crippen molar-refractivity contribution < 1.29 is 18.3 Å². The summed E-state index contributed by atoms with van der Waals surface area (Å²) in [6.45, 7) is 20.5. The van der Waals surface area contributed by atoms with E-state index in [0.29, 0.717) is 12.0 Å². The van der Waals surface area contributed by atoms with E-state index in [0.717, 1.165) is 0 Å². The highest BCUT2D eigenvalue weighted by atomic mass is 19.2. The van der Waals surface area contributed by atoms with E-state index in [2.05, 4.69) is 5.32 Å². The maximum absolute atomic E-state index is 14.8. The largest absolute Gasteiger partial charge is 0.444 e. The van der Waals surface area contributed by atoms with Gasteiger partial charge in [0, 0.05) is 17.7 Å². The van der Waals surface area contributed by atoms with Crippen molar-refractivity contribution in [2.45, 2.75) is 88.2 Å². The van der Waals surface area contributed by atoms with Crippen LogP contribution in [0.15, 0.2) is 70.9 Å². The van der Waals surface area contributed by atoms with Crippen LogP contribution in [0.2, 0.25) is 0 Å². The molecule has 5 heteroatoms. The Morgan fingerprint density at radius 2 is 1.38 bits per heavy atom. The molecule has 0 aliphatic rings. The van der Waals surface area contributed by atoms with Crippen LogP contribution in [0, 0.1) is 0 Å². The minimum absolute atomic E-state index is 0.0922. The Hall–Kier alpha value is -2.43. The van der Waals surface area contributed by atoms with Gasteiger partial charge in [-0.05, 0) is 59.6 Å². The van der Waals surface area contributed by atoms with Gasteiger partial charge < -0.3 is 10.1 Å². The minimum atomic E-state index is -0.955. The number of amides is 1. The van der Waals surface area contributed by atoms with E-state index in [-0.39, 0.29) is 17.7 Å². The summed E-state index contributed by atoms with van der Waals surface area (Å²) in [5.41, 5.74) is 0.300. The van der Waals surface area contributed by atoms with Gasteiger partial charge in [0.05, 0.1) is 0 Å². The number of hydrogen-bond acceptors (Lipinski definition) is 2. The molecule has 184 valence electrons. The zero-order valence-electron chi connectivity index (χ0n) is 22.0. The molecule has 1 N–H and O–H groups in total. The van der Waals surface area contributed by atoms with Gasteiger partial charge in [0.1, 0.15) is 5.60 Å². The van der Waals surface area contributed by atoms with Gasteiger partial charge in [0.15, 0.2) is 11.7 Å². The van der Waals surface area contributed by atoms with Crippen LogP contribution in [0.25, 0.3) is 0 Å². The summed E-state index contributed by atoms with van der Waals surface area (Å²) in [6.07, 6.45) is 11.3. The first-order valence-electron chi connectivity index (χ1n) is 11.4. The molecule has 0 unspecified atom stereocenters. The van der Waals surface area contributed by atoms with Crippen LogP contribution in [0.4, 0.5) is 13.6 Å². The normalized spacial score (nSPS) is 13.7. The molecule has 0 aliphatic heterocycles. The second-order valence-electron chi connectivity index (χ2n) is 7.01. The van der Waals surface area contributed by atoms with Crippen LogP contribution in [0.3, 0.4) is 0 Å². The number of allylic oxidation sites excluding steroid dienone is 10. The van der Waals surface area contributed by atoms with Crippen molar-refractivity contribution in [1.82, 2.24) is 5.32 Å². The monoisotopic (exact) mass is 453 g/mol. The van der Waals surface area contributed by atoms with E-state index in [1.54, 1.807) is 53.7 Å². The molecule has 0 aliphatic carbocycles. The number of ether oxygens (including phenoxy) is 1. The topological polar surface area (TPSA) is 38.3 Å². The Morgan fingerprint density at radius 1 is 0.906 bits per heavy atom. The Labute approximate surface area is 195 Å². The van der Waals surface area contributed by atoms with Crippen LogP contribution < -0.4 is 5.32 Å². The molecular weight excluding hydrogens is 408 g/mol. The molecule has 0 saturated carbocycles. The SMILES string of the molecule is CC.CC.C\C=C/C(=C\C)C(/F)=C(F)/C(/C=C\C)=C/C(=C/CC)CNC(=O)OC(C)(C)C. The molecule has 0 bridgehead atoms. The van der Waals surface area contributed by atoms with Gasteiger partial charge in [0.2, 0.25) is 0 Å². The predicted molar refractivity (Wildman–Crippen MR) is 136 cm³/mol. The molecule has 0 saturated heterocycles. The number of halogens is 2. The van der Waals surface area contributed by atoms with Gasteiger partial charge in [-0.2, -0.15) is 0 Å². The molecule has 0 aromatic rings. The number of nitrogens with one attached hydrogen (secondary N) is 1. The second kappa shape index (κ2) is 20.5. The summed E-state index contributed by atoms with van der Waals surface area (Å²) in [6, 6.07) is 0. The molecule has 0 atom stereocenters. The predicted octanol–water partition coefficient (Wildman–Crippen LogP) is 9.08. The molecule has 0 fully saturated rings. The average molecular weight is 454 g/mol. The minimum Gasteiger partial charge on any atom is -0.444 e. The molecule has 0 heterocycles. The molecule has 0 rings (SSSR count).